The van der Waals surface area contributed by atoms with E-state index in [1.165, 1.54) is 5.69 Å². The summed E-state index contributed by atoms with van der Waals surface area (Å²) in [5.74, 6) is 1.49. The average molecular weight is 315 g/mol. The van der Waals surface area contributed by atoms with E-state index < -0.39 is 0 Å². The minimum absolute atomic E-state index is 0.741. The molecular weight excluding hydrogens is 290 g/mol. The molecule has 0 radical (unpaired) electrons. The molecule has 1 aromatic heterocycles. The summed E-state index contributed by atoms with van der Waals surface area (Å²) < 4.78 is 12.7. The van der Waals surface area contributed by atoms with Crippen LogP contribution in [0.15, 0.2) is 43.0 Å². The van der Waals surface area contributed by atoms with Crippen LogP contribution in [0.3, 0.4) is 0 Å². The Hall–Kier alpha value is -2.43. The van der Waals surface area contributed by atoms with Gasteiger partial charge in [0.25, 0.3) is 0 Å². The lowest BCUT2D eigenvalue weighted by molar-refractivity contribution is 0.354. The van der Waals surface area contributed by atoms with Gasteiger partial charge in [0, 0.05) is 37.1 Å². The topological polar surface area (TPSA) is 48.3 Å². The molecule has 124 valence electrons. The molecule has 1 heterocycles. The van der Waals surface area contributed by atoms with E-state index in [0.29, 0.717) is 0 Å². The summed E-state index contributed by atoms with van der Waals surface area (Å²) in [4.78, 5) is 4.12. The highest BCUT2D eigenvalue weighted by atomic mass is 16.5. The average Bonchev–Trinajstić information content (AvgIpc) is 2.96. The quantitative estimate of drug-likeness (QED) is 0.723. The van der Waals surface area contributed by atoms with Crippen LogP contribution in [-0.2, 0) is 13.0 Å². The fraction of sp³-hybridized carbons (Fsp3) is 0.389. The molecule has 5 nitrogen and oxygen atoms in total. The zero-order valence-corrected chi connectivity index (χ0v) is 14.1. The predicted molar refractivity (Wildman–Crippen MR) is 92.0 cm³/mol. The molecule has 1 N–H and O–H groups in total. The van der Waals surface area contributed by atoms with Gasteiger partial charge in [-0.1, -0.05) is 12.6 Å². The SMILES string of the molecule is C=C(Cc1ccc(OC)c(OC)c1)NCCCn1cncc1C. The fourth-order valence-electron chi connectivity index (χ4n) is 2.44. The Morgan fingerprint density at radius 2 is 2.04 bits per heavy atom. The summed E-state index contributed by atoms with van der Waals surface area (Å²) in [5, 5.41) is 3.38. The Morgan fingerprint density at radius 1 is 1.26 bits per heavy atom. The van der Waals surface area contributed by atoms with Crippen LogP contribution in [0.25, 0.3) is 0 Å². The van der Waals surface area contributed by atoms with Crippen molar-refractivity contribution in [2.24, 2.45) is 0 Å². The van der Waals surface area contributed by atoms with E-state index in [1.807, 2.05) is 30.7 Å². The minimum atomic E-state index is 0.741. The van der Waals surface area contributed by atoms with Crippen LogP contribution >= 0.6 is 0 Å². The van der Waals surface area contributed by atoms with Crippen molar-refractivity contribution in [2.45, 2.75) is 26.3 Å². The van der Waals surface area contributed by atoms with Gasteiger partial charge < -0.3 is 19.4 Å². The molecule has 0 unspecified atom stereocenters. The first-order valence-electron chi connectivity index (χ1n) is 7.73. The first-order chi connectivity index (χ1) is 11.1. The maximum absolute atomic E-state index is 5.33. The Labute approximate surface area is 137 Å². The number of aryl methyl sites for hydroxylation is 2. The van der Waals surface area contributed by atoms with Gasteiger partial charge in [-0.15, -0.1) is 0 Å². The molecule has 1 aromatic carbocycles. The Bertz CT molecular complexity index is 649. The van der Waals surface area contributed by atoms with Crippen LogP contribution in [0.1, 0.15) is 17.7 Å². The second-order valence-electron chi connectivity index (χ2n) is 5.48. The van der Waals surface area contributed by atoms with Crippen LogP contribution < -0.4 is 14.8 Å². The molecule has 2 aromatic rings. The third-order valence-corrected chi connectivity index (χ3v) is 3.74. The van der Waals surface area contributed by atoms with Gasteiger partial charge in [-0.3, -0.25) is 0 Å². The third kappa shape index (κ3) is 4.77. The molecule has 2 rings (SSSR count). The van der Waals surface area contributed by atoms with E-state index in [1.54, 1.807) is 14.2 Å². The van der Waals surface area contributed by atoms with Gasteiger partial charge >= 0.3 is 0 Å². The smallest absolute Gasteiger partial charge is 0.160 e. The van der Waals surface area contributed by atoms with Gasteiger partial charge in [0.15, 0.2) is 11.5 Å². The summed E-state index contributed by atoms with van der Waals surface area (Å²) in [5.41, 5.74) is 3.33. The largest absolute Gasteiger partial charge is 0.493 e. The summed E-state index contributed by atoms with van der Waals surface area (Å²) in [6.45, 7) is 8.02. The first-order valence-corrected chi connectivity index (χ1v) is 7.73. The molecule has 0 spiro atoms. The normalized spacial score (nSPS) is 10.4. The van der Waals surface area contributed by atoms with Gasteiger partial charge in [0.05, 0.1) is 20.5 Å². The van der Waals surface area contributed by atoms with Crippen molar-refractivity contribution in [1.29, 1.82) is 0 Å². The number of methoxy groups -OCH3 is 2. The number of aromatic nitrogens is 2. The van der Waals surface area contributed by atoms with E-state index in [0.717, 1.165) is 48.7 Å². The number of allylic oxidation sites excluding steroid dienone is 1. The number of rotatable bonds is 9. The number of benzene rings is 1. The summed E-state index contributed by atoms with van der Waals surface area (Å²) in [6, 6.07) is 5.94. The van der Waals surface area contributed by atoms with Crippen molar-refractivity contribution in [3.63, 3.8) is 0 Å². The van der Waals surface area contributed by atoms with E-state index in [2.05, 4.69) is 28.4 Å². The van der Waals surface area contributed by atoms with Crippen LogP contribution in [0.5, 0.6) is 11.5 Å². The number of nitrogens with zero attached hydrogens (tertiary/aromatic N) is 2. The van der Waals surface area contributed by atoms with Gasteiger partial charge in [-0.2, -0.15) is 0 Å². The number of ether oxygens (including phenoxy) is 2. The highest BCUT2D eigenvalue weighted by Crippen LogP contribution is 2.28. The second kappa shape index (κ2) is 8.27. The Kier molecular flexibility index (Phi) is 6.09. The van der Waals surface area contributed by atoms with Gasteiger partial charge in [-0.05, 0) is 31.0 Å². The molecule has 5 heteroatoms. The van der Waals surface area contributed by atoms with Crippen LogP contribution in [0.2, 0.25) is 0 Å². The Balaban J connectivity index is 1.77. The lowest BCUT2D eigenvalue weighted by Crippen LogP contribution is -2.17. The maximum Gasteiger partial charge on any atom is 0.160 e. The van der Waals surface area contributed by atoms with Gasteiger partial charge in [0.2, 0.25) is 0 Å². The van der Waals surface area contributed by atoms with Gasteiger partial charge in [-0.25, -0.2) is 4.98 Å². The number of nitrogens with one attached hydrogen (secondary N) is 1. The van der Waals surface area contributed by atoms with Crippen LogP contribution in [0, 0.1) is 6.92 Å². The molecule has 0 atom stereocenters. The second-order valence-corrected chi connectivity index (χ2v) is 5.48. The minimum Gasteiger partial charge on any atom is -0.493 e. The summed E-state index contributed by atoms with van der Waals surface area (Å²) in [6.07, 6.45) is 5.55. The monoisotopic (exact) mass is 315 g/mol. The van der Waals surface area contributed by atoms with E-state index in [-0.39, 0.29) is 0 Å². The van der Waals surface area contributed by atoms with Crippen molar-refractivity contribution in [1.82, 2.24) is 14.9 Å². The van der Waals surface area contributed by atoms with Crippen molar-refractivity contribution < 1.29 is 9.47 Å². The molecule has 0 saturated carbocycles. The number of imidazole rings is 1. The van der Waals surface area contributed by atoms with E-state index in [4.69, 9.17) is 9.47 Å². The van der Waals surface area contributed by atoms with E-state index >= 15 is 0 Å². The predicted octanol–water partition coefficient (Wildman–Crippen LogP) is 2.94. The molecule has 0 bridgehead atoms. The molecular formula is C18H25N3O2. The maximum atomic E-state index is 5.33. The van der Waals surface area contributed by atoms with Crippen LogP contribution in [-0.4, -0.2) is 30.3 Å². The Morgan fingerprint density at radius 3 is 2.70 bits per heavy atom. The zero-order chi connectivity index (χ0) is 16.7. The lowest BCUT2D eigenvalue weighted by Gasteiger charge is -2.12. The molecule has 0 aliphatic carbocycles. The molecule has 0 saturated heterocycles. The molecule has 0 fully saturated rings. The summed E-state index contributed by atoms with van der Waals surface area (Å²) >= 11 is 0. The lowest BCUT2D eigenvalue weighted by atomic mass is 10.1. The highest BCUT2D eigenvalue weighted by Gasteiger charge is 2.05. The van der Waals surface area contributed by atoms with Gasteiger partial charge in [0.1, 0.15) is 0 Å². The zero-order valence-electron chi connectivity index (χ0n) is 14.1. The third-order valence-electron chi connectivity index (χ3n) is 3.74. The standard InChI is InChI=1S/C18H25N3O2/c1-14(20-8-5-9-21-13-19-12-15(21)2)10-16-6-7-17(22-3)18(11-16)23-4/h6-7,11-13,20H,1,5,8-10H2,2-4H3. The number of hydrogen-bond donors (Lipinski definition) is 1. The van der Waals surface area contributed by atoms with Crippen molar-refractivity contribution in [3.8, 4) is 11.5 Å². The first kappa shape index (κ1) is 16.9. The van der Waals surface area contributed by atoms with Crippen LogP contribution in [0.4, 0.5) is 0 Å². The van der Waals surface area contributed by atoms with Crippen molar-refractivity contribution >= 4 is 0 Å². The van der Waals surface area contributed by atoms with Crippen molar-refractivity contribution in [3.05, 3.63) is 54.3 Å². The van der Waals surface area contributed by atoms with Crippen molar-refractivity contribution in [2.75, 3.05) is 20.8 Å². The molecule has 23 heavy (non-hydrogen) atoms. The molecule has 0 aliphatic rings. The highest BCUT2D eigenvalue weighted by molar-refractivity contribution is 5.43. The molecule has 0 aliphatic heterocycles. The molecule has 0 amide bonds. The van der Waals surface area contributed by atoms with E-state index in [9.17, 15) is 0 Å². The summed E-state index contributed by atoms with van der Waals surface area (Å²) in [7, 11) is 3.28. The fourth-order valence-corrected chi connectivity index (χ4v) is 2.44. The number of hydrogen-bond acceptors (Lipinski definition) is 4.